The van der Waals surface area contributed by atoms with Crippen LogP contribution in [0.3, 0.4) is 0 Å². The van der Waals surface area contributed by atoms with Crippen molar-refractivity contribution in [3.63, 3.8) is 0 Å². The molecule has 2 atom stereocenters. The number of ether oxygens (including phenoxy) is 1. The molecule has 0 spiro atoms. The standard InChI is InChI=1S/C10H19NO2S/c1-7-5-9(6-8(2)11-7)13-10(12)3-4-14/h7-9,11,14H,3-6H2,1-2H3/p+1. The average Bonchev–Trinajstić information content (AvgIpc) is 2.01. The summed E-state index contributed by atoms with van der Waals surface area (Å²) in [6.07, 6.45) is 2.49. The number of thiol groups is 1. The van der Waals surface area contributed by atoms with Gasteiger partial charge in [0.2, 0.25) is 0 Å². The fourth-order valence-electron chi connectivity index (χ4n) is 2.08. The Bertz CT molecular complexity index is 189. The summed E-state index contributed by atoms with van der Waals surface area (Å²) in [6.45, 7) is 4.35. The van der Waals surface area contributed by atoms with E-state index in [0.717, 1.165) is 12.8 Å². The molecule has 0 amide bonds. The SMILES string of the molecule is CC1CC(OC(=O)CCS)CC(C)[NH2+]1. The fraction of sp³-hybridized carbons (Fsp3) is 0.900. The quantitative estimate of drug-likeness (QED) is 0.530. The molecule has 0 aliphatic carbocycles. The highest BCUT2D eigenvalue weighted by Gasteiger charge is 2.28. The van der Waals surface area contributed by atoms with E-state index in [0.29, 0.717) is 24.3 Å². The number of rotatable bonds is 3. The summed E-state index contributed by atoms with van der Waals surface area (Å²) < 4.78 is 5.36. The Morgan fingerprint density at radius 2 is 2.00 bits per heavy atom. The Labute approximate surface area is 91.0 Å². The van der Waals surface area contributed by atoms with Crippen molar-refractivity contribution in [3.8, 4) is 0 Å². The van der Waals surface area contributed by atoms with Gasteiger partial charge in [-0.05, 0) is 13.8 Å². The van der Waals surface area contributed by atoms with Gasteiger partial charge in [0.15, 0.2) is 0 Å². The van der Waals surface area contributed by atoms with Gasteiger partial charge in [0.05, 0.1) is 18.5 Å². The topological polar surface area (TPSA) is 42.9 Å². The summed E-state index contributed by atoms with van der Waals surface area (Å²) in [4.78, 5) is 11.2. The van der Waals surface area contributed by atoms with Crippen LogP contribution in [0.15, 0.2) is 0 Å². The highest BCUT2D eigenvalue weighted by atomic mass is 32.1. The summed E-state index contributed by atoms with van der Waals surface area (Å²) in [7, 11) is 0. The maximum Gasteiger partial charge on any atom is 0.306 e. The third kappa shape index (κ3) is 3.88. The van der Waals surface area contributed by atoms with Crippen LogP contribution in [-0.4, -0.2) is 29.9 Å². The molecule has 2 unspecified atom stereocenters. The average molecular weight is 218 g/mol. The van der Waals surface area contributed by atoms with Crippen LogP contribution in [-0.2, 0) is 9.53 Å². The fourth-order valence-corrected chi connectivity index (χ4v) is 2.26. The summed E-state index contributed by atoms with van der Waals surface area (Å²) in [5.74, 6) is 0.467. The molecule has 14 heavy (non-hydrogen) atoms. The number of quaternary nitrogens is 1. The highest BCUT2D eigenvalue weighted by molar-refractivity contribution is 7.80. The van der Waals surface area contributed by atoms with Gasteiger partial charge in [-0.15, -0.1) is 0 Å². The first-order valence-corrected chi connectivity index (χ1v) is 5.90. The maximum atomic E-state index is 11.2. The zero-order valence-corrected chi connectivity index (χ0v) is 9.80. The molecule has 2 N–H and O–H groups in total. The van der Waals surface area contributed by atoms with E-state index in [1.165, 1.54) is 0 Å². The first-order valence-electron chi connectivity index (χ1n) is 5.27. The van der Waals surface area contributed by atoms with Gasteiger partial charge in [0.1, 0.15) is 6.10 Å². The minimum atomic E-state index is -0.105. The summed E-state index contributed by atoms with van der Waals surface area (Å²) in [5.41, 5.74) is 0. The van der Waals surface area contributed by atoms with Gasteiger partial charge in [-0.2, -0.15) is 12.6 Å². The number of hydrogen-bond acceptors (Lipinski definition) is 3. The van der Waals surface area contributed by atoms with Crippen LogP contribution in [0.5, 0.6) is 0 Å². The molecule has 0 bridgehead atoms. The van der Waals surface area contributed by atoms with Gasteiger partial charge in [-0.3, -0.25) is 4.79 Å². The van der Waals surface area contributed by atoms with E-state index in [4.69, 9.17) is 4.74 Å². The lowest BCUT2D eigenvalue weighted by atomic mass is 9.98. The molecule has 1 heterocycles. The van der Waals surface area contributed by atoms with E-state index in [2.05, 4.69) is 31.8 Å². The van der Waals surface area contributed by atoms with Crippen LogP contribution in [0.1, 0.15) is 33.1 Å². The number of esters is 1. The third-order valence-electron chi connectivity index (χ3n) is 2.54. The third-order valence-corrected chi connectivity index (χ3v) is 2.76. The lowest BCUT2D eigenvalue weighted by molar-refractivity contribution is -0.726. The largest absolute Gasteiger partial charge is 0.462 e. The smallest absolute Gasteiger partial charge is 0.306 e. The summed E-state index contributed by atoms with van der Waals surface area (Å²) in [6, 6.07) is 1.13. The number of nitrogens with two attached hydrogens (primary N) is 1. The van der Waals surface area contributed by atoms with Crippen LogP contribution in [0.4, 0.5) is 0 Å². The van der Waals surface area contributed by atoms with Crippen molar-refractivity contribution < 1.29 is 14.8 Å². The van der Waals surface area contributed by atoms with Crippen molar-refractivity contribution >= 4 is 18.6 Å². The molecule has 0 aromatic rings. The van der Waals surface area contributed by atoms with Crippen molar-refractivity contribution in [1.29, 1.82) is 0 Å². The van der Waals surface area contributed by atoms with Crippen LogP contribution >= 0.6 is 12.6 Å². The molecule has 0 aromatic heterocycles. The predicted molar refractivity (Wildman–Crippen MR) is 58.4 cm³/mol. The van der Waals surface area contributed by atoms with E-state index in [1.807, 2.05) is 0 Å². The molecule has 0 radical (unpaired) electrons. The van der Waals surface area contributed by atoms with E-state index < -0.39 is 0 Å². The lowest BCUT2D eigenvalue weighted by Crippen LogP contribution is -2.96. The van der Waals surface area contributed by atoms with Crippen molar-refractivity contribution in [3.05, 3.63) is 0 Å². The van der Waals surface area contributed by atoms with E-state index in [9.17, 15) is 4.79 Å². The van der Waals surface area contributed by atoms with E-state index in [-0.39, 0.29) is 12.1 Å². The minimum Gasteiger partial charge on any atom is -0.462 e. The van der Waals surface area contributed by atoms with Crippen molar-refractivity contribution in [2.45, 2.75) is 51.3 Å². The number of piperidine rings is 1. The van der Waals surface area contributed by atoms with Crippen LogP contribution < -0.4 is 5.32 Å². The second-order valence-electron chi connectivity index (χ2n) is 4.20. The number of carbonyl (C=O) groups is 1. The van der Waals surface area contributed by atoms with Crippen LogP contribution in [0.2, 0.25) is 0 Å². The van der Waals surface area contributed by atoms with Crippen LogP contribution in [0, 0.1) is 0 Å². The van der Waals surface area contributed by atoms with Crippen LogP contribution in [0.25, 0.3) is 0 Å². The monoisotopic (exact) mass is 218 g/mol. The van der Waals surface area contributed by atoms with Crippen molar-refractivity contribution in [2.75, 3.05) is 5.75 Å². The zero-order valence-electron chi connectivity index (χ0n) is 8.90. The van der Waals surface area contributed by atoms with Gasteiger partial charge < -0.3 is 10.1 Å². The molecule has 0 aromatic carbocycles. The second kappa shape index (κ2) is 5.61. The summed E-state index contributed by atoms with van der Waals surface area (Å²) in [5, 5.41) is 2.34. The van der Waals surface area contributed by atoms with Gasteiger partial charge >= 0.3 is 5.97 Å². The molecule has 82 valence electrons. The molecule has 1 aliphatic heterocycles. The van der Waals surface area contributed by atoms with E-state index in [1.54, 1.807) is 0 Å². The molecule has 0 saturated carbocycles. The molecule has 3 nitrogen and oxygen atoms in total. The Hall–Kier alpha value is -0.220. The Balaban J connectivity index is 2.33. The molecular formula is C10H20NO2S+. The molecular weight excluding hydrogens is 198 g/mol. The number of hydrogen-bond donors (Lipinski definition) is 2. The Morgan fingerprint density at radius 3 is 2.50 bits per heavy atom. The van der Waals surface area contributed by atoms with Gasteiger partial charge in [0, 0.05) is 18.6 Å². The summed E-state index contributed by atoms with van der Waals surface area (Å²) >= 11 is 4.01. The van der Waals surface area contributed by atoms with Crippen molar-refractivity contribution in [2.24, 2.45) is 0 Å². The maximum absolute atomic E-state index is 11.2. The molecule has 1 rings (SSSR count). The predicted octanol–water partition coefficient (Wildman–Crippen LogP) is 0.352. The lowest BCUT2D eigenvalue weighted by Gasteiger charge is -2.29. The van der Waals surface area contributed by atoms with Gasteiger partial charge in [-0.1, -0.05) is 0 Å². The van der Waals surface area contributed by atoms with Crippen molar-refractivity contribution in [1.82, 2.24) is 0 Å². The first-order chi connectivity index (χ1) is 6.61. The first kappa shape index (κ1) is 11.9. The molecule has 1 saturated heterocycles. The minimum absolute atomic E-state index is 0.105. The van der Waals surface area contributed by atoms with Gasteiger partial charge in [-0.25, -0.2) is 0 Å². The van der Waals surface area contributed by atoms with E-state index >= 15 is 0 Å². The molecule has 1 fully saturated rings. The Morgan fingerprint density at radius 1 is 1.43 bits per heavy atom. The zero-order chi connectivity index (χ0) is 10.6. The highest BCUT2D eigenvalue weighted by Crippen LogP contribution is 2.12. The molecule has 1 aliphatic rings. The normalized spacial score (nSPS) is 32.6. The van der Waals surface area contributed by atoms with Gasteiger partial charge in [0.25, 0.3) is 0 Å². The second-order valence-corrected chi connectivity index (χ2v) is 4.65. The number of carbonyl (C=O) groups excluding carboxylic acids is 1. The molecule has 4 heteroatoms. The Kier molecular flexibility index (Phi) is 4.75.